The van der Waals surface area contributed by atoms with Crippen molar-refractivity contribution in [3.05, 3.63) is 0 Å². The van der Waals surface area contributed by atoms with Crippen LogP contribution in [0.1, 0.15) is 26.7 Å². The van der Waals surface area contributed by atoms with E-state index < -0.39 is 11.4 Å². The molecule has 1 saturated heterocycles. The Morgan fingerprint density at radius 2 is 2.33 bits per heavy atom. The van der Waals surface area contributed by atoms with Crippen molar-refractivity contribution in [3.8, 4) is 0 Å². The molecule has 1 atom stereocenters. The first-order valence-corrected chi connectivity index (χ1v) is 4.51. The molecule has 1 fully saturated rings. The molecule has 1 aliphatic rings. The van der Waals surface area contributed by atoms with E-state index in [1.54, 1.807) is 0 Å². The van der Waals surface area contributed by atoms with Crippen LogP contribution in [0.15, 0.2) is 0 Å². The van der Waals surface area contributed by atoms with Crippen LogP contribution in [-0.2, 0) is 4.79 Å². The molecular formula is C9H17NO2. The summed E-state index contributed by atoms with van der Waals surface area (Å²) in [6, 6.07) is 0. The standard InChI is InChI=1S/C9H17NO2/c1-7(2)5-9(8(11)12)3-4-10-6-9/h7,10H,3-6H2,1-2H3,(H,11,12). The Labute approximate surface area is 73.2 Å². The molecule has 3 heteroatoms. The summed E-state index contributed by atoms with van der Waals surface area (Å²) in [6.45, 7) is 5.63. The van der Waals surface area contributed by atoms with E-state index in [1.807, 2.05) is 0 Å². The molecule has 0 amide bonds. The van der Waals surface area contributed by atoms with Gasteiger partial charge in [-0.25, -0.2) is 0 Å². The molecule has 0 spiro atoms. The van der Waals surface area contributed by atoms with Crippen LogP contribution in [-0.4, -0.2) is 24.2 Å². The molecule has 1 heterocycles. The molecule has 0 bridgehead atoms. The summed E-state index contributed by atoms with van der Waals surface area (Å²) in [5.74, 6) is -0.179. The lowest BCUT2D eigenvalue weighted by Gasteiger charge is -2.24. The quantitative estimate of drug-likeness (QED) is 0.668. The van der Waals surface area contributed by atoms with E-state index in [2.05, 4.69) is 19.2 Å². The summed E-state index contributed by atoms with van der Waals surface area (Å²) in [5.41, 5.74) is -0.478. The monoisotopic (exact) mass is 171 g/mol. The Balaban J connectivity index is 2.65. The highest BCUT2D eigenvalue weighted by Crippen LogP contribution is 2.32. The second-order valence-corrected chi connectivity index (χ2v) is 4.11. The minimum Gasteiger partial charge on any atom is -0.481 e. The van der Waals surface area contributed by atoms with E-state index in [1.165, 1.54) is 0 Å². The van der Waals surface area contributed by atoms with Crippen LogP contribution in [0.2, 0.25) is 0 Å². The molecule has 12 heavy (non-hydrogen) atoms. The fourth-order valence-electron chi connectivity index (χ4n) is 1.97. The van der Waals surface area contributed by atoms with Crippen LogP contribution in [0, 0.1) is 11.3 Å². The zero-order valence-corrected chi connectivity index (χ0v) is 7.76. The predicted molar refractivity (Wildman–Crippen MR) is 47.0 cm³/mol. The minimum atomic E-state index is -0.638. The maximum absolute atomic E-state index is 11.0. The summed E-state index contributed by atoms with van der Waals surface area (Å²) < 4.78 is 0. The number of rotatable bonds is 3. The molecule has 0 aromatic heterocycles. The number of hydrogen-bond donors (Lipinski definition) is 2. The van der Waals surface area contributed by atoms with Crippen molar-refractivity contribution in [2.75, 3.05) is 13.1 Å². The molecule has 1 unspecified atom stereocenters. The van der Waals surface area contributed by atoms with E-state index in [9.17, 15) is 4.79 Å². The van der Waals surface area contributed by atoms with E-state index in [0.717, 1.165) is 19.4 Å². The molecular weight excluding hydrogens is 154 g/mol. The maximum atomic E-state index is 11.0. The van der Waals surface area contributed by atoms with Gasteiger partial charge in [0.1, 0.15) is 0 Å². The number of hydrogen-bond acceptors (Lipinski definition) is 2. The van der Waals surface area contributed by atoms with Crippen molar-refractivity contribution < 1.29 is 9.90 Å². The lowest BCUT2D eigenvalue weighted by Crippen LogP contribution is -2.34. The molecule has 0 aromatic rings. The largest absolute Gasteiger partial charge is 0.481 e. The summed E-state index contributed by atoms with van der Waals surface area (Å²) in [4.78, 5) is 11.0. The van der Waals surface area contributed by atoms with Gasteiger partial charge in [0.05, 0.1) is 5.41 Å². The lowest BCUT2D eigenvalue weighted by molar-refractivity contribution is -0.148. The Bertz CT molecular complexity index is 171. The highest BCUT2D eigenvalue weighted by Gasteiger charge is 2.41. The van der Waals surface area contributed by atoms with Crippen molar-refractivity contribution in [2.24, 2.45) is 11.3 Å². The second-order valence-electron chi connectivity index (χ2n) is 4.11. The highest BCUT2D eigenvalue weighted by atomic mass is 16.4. The van der Waals surface area contributed by atoms with Crippen molar-refractivity contribution in [1.82, 2.24) is 5.32 Å². The van der Waals surface area contributed by atoms with Gasteiger partial charge < -0.3 is 10.4 Å². The van der Waals surface area contributed by atoms with Gasteiger partial charge in [0, 0.05) is 6.54 Å². The maximum Gasteiger partial charge on any atom is 0.310 e. The van der Waals surface area contributed by atoms with Gasteiger partial charge in [-0.05, 0) is 25.3 Å². The van der Waals surface area contributed by atoms with E-state index in [0.29, 0.717) is 12.5 Å². The second kappa shape index (κ2) is 3.44. The average Bonchev–Trinajstić information content (AvgIpc) is 2.35. The van der Waals surface area contributed by atoms with Crippen LogP contribution in [0.3, 0.4) is 0 Å². The molecule has 0 aromatic carbocycles. The summed E-state index contributed by atoms with van der Waals surface area (Å²) >= 11 is 0. The van der Waals surface area contributed by atoms with Crippen molar-refractivity contribution in [2.45, 2.75) is 26.7 Å². The molecule has 2 N–H and O–H groups in total. The normalized spacial score (nSPS) is 29.6. The third-order valence-electron chi connectivity index (χ3n) is 2.50. The van der Waals surface area contributed by atoms with Crippen LogP contribution in [0.25, 0.3) is 0 Å². The first-order valence-electron chi connectivity index (χ1n) is 4.51. The molecule has 0 radical (unpaired) electrons. The van der Waals surface area contributed by atoms with Gasteiger partial charge >= 0.3 is 5.97 Å². The highest BCUT2D eigenvalue weighted by molar-refractivity contribution is 5.75. The van der Waals surface area contributed by atoms with Gasteiger partial charge in [-0.1, -0.05) is 13.8 Å². The Morgan fingerprint density at radius 3 is 2.67 bits per heavy atom. The summed E-state index contributed by atoms with van der Waals surface area (Å²) in [7, 11) is 0. The molecule has 0 saturated carbocycles. The van der Waals surface area contributed by atoms with Crippen molar-refractivity contribution >= 4 is 5.97 Å². The summed E-state index contributed by atoms with van der Waals surface area (Å²) in [6.07, 6.45) is 1.57. The molecule has 1 rings (SSSR count). The van der Waals surface area contributed by atoms with Crippen LogP contribution in [0.4, 0.5) is 0 Å². The van der Waals surface area contributed by atoms with Crippen LogP contribution in [0.5, 0.6) is 0 Å². The lowest BCUT2D eigenvalue weighted by atomic mass is 9.79. The number of aliphatic carboxylic acids is 1. The van der Waals surface area contributed by atoms with E-state index in [-0.39, 0.29) is 0 Å². The number of nitrogens with one attached hydrogen (secondary N) is 1. The first kappa shape index (κ1) is 9.52. The fourth-order valence-corrected chi connectivity index (χ4v) is 1.97. The number of carbonyl (C=O) groups is 1. The smallest absolute Gasteiger partial charge is 0.310 e. The van der Waals surface area contributed by atoms with Gasteiger partial charge in [-0.3, -0.25) is 4.79 Å². The van der Waals surface area contributed by atoms with Gasteiger partial charge in [0.15, 0.2) is 0 Å². The zero-order chi connectivity index (χ0) is 9.19. The Hall–Kier alpha value is -0.570. The van der Waals surface area contributed by atoms with Gasteiger partial charge in [0.25, 0.3) is 0 Å². The third kappa shape index (κ3) is 1.78. The molecule has 0 aliphatic carbocycles. The van der Waals surface area contributed by atoms with Crippen molar-refractivity contribution in [1.29, 1.82) is 0 Å². The summed E-state index contributed by atoms with van der Waals surface area (Å²) in [5, 5.41) is 12.2. The van der Waals surface area contributed by atoms with Gasteiger partial charge in [-0.2, -0.15) is 0 Å². The fraction of sp³-hybridized carbons (Fsp3) is 0.889. The van der Waals surface area contributed by atoms with Gasteiger partial charge in [-0.15, -0.1) is 0 Å². The number of carboxylic acid groups (broad SMARTS) is 1. The Morgan fingerprint density at radius 1 is 1.67 bits per heavy atom. The zero-order valence-electron chi connectivity index (χ0n) is 7.76. The molecule has 70 valence electrons. The SMILES string of the molecule is CC(C)CC1(C(=O)O)CCNC1. The van der Waals surface area contributed by atoms with E-state index >= 15 is 0 Å². The third-order valence-corrected chi connectivity index (χ3v) is 2.50. The average molecular weight is 171 g/mol. The number of carboxylic acids is 1. The topological polar surface area (TPSA) is 49.3 Å². The van der Waals surface area contributed by atoms with Crippen LogP contribution < -0.4 is 5.32 Å². The van der Waals surface area contributed by atoms with Crippen molar-refractivity contribution in [3.63, 3.8) is 0 Å². The molecule has 1 aliphatic heterocycles. The first-order chi connectivity index (χ1) is 5.57. The minimum absolute atomic E-state index is 0.459. The molecule has 3 nitrogen and oxygen atoms in total. The predicted octanol–water partition coefficient (Wildman–Crippen LogP) is 1.10. The van der Waals surface area contributed by atoms with Crippen LogP contribution >= 0.6 is 0 Å². The van der Waals surface area contributed by atoms with Gasteiger partial charge in [0.2, 0.25) is 0 Å². The Kier molecular flexibility index (Phi) is 2.73. The van der Waals surface area contributed by atoms with E-state index in [4.69, 9.17) is 5.11 Å².